The minimum atomic E-state index is -1.35. The van der Waals surface area contributed by atoms with Crippen LogP contribution in [0.15, 0.2) is 39.9 Å². The van der Waals surface area contributed by atoms with E-state index in [1.807, 2.05) is 34.6 Å². The molecule has 0 amide bonds. The Hall–Kier alpha value is -2.01. The van der Waals surface area contributed by atoms with Crippen molar-refractivity contribution in [1.82, 2.24) is 13.1 Å². The molecule has 3 N–H and O–H groups in total. The first-order valence-electron chi connectivity index (χ1n) is 9.53. The van der Waals surface area contributed by atoms with Gasteiger partial charge in [-0.25, -0.2) is 8.51 Å². The van der Waals surface area contributed by atoms with Gasteiger partial charge in [-0.1, -0.05) is 37.3 Å². The van der Waals surface area contributed by atoms with Gasteiger partial charge in [0.15, 0.2) is 21.6 Å². The molecule has 1 saturated heterocycles. The average molecular weight is 450 g/mol. The molecule has 0 bridgehead atoms. The van der Waals surface area contributed by atoms with Crippen molar-refractivity contribution in [2.24, 2.45) is 0 Å². The largest absolute Gasteiger partial charge is 0.504 e. The lowest BCUT2D eigenvalue weighted by Gasteiger charge is -2.21. The van der Waals surface area contributed by atoms with Gasteiger partial charge >= 0.3 is 0 Å². The SMILES string of the molecule is CCC1CCCN1S(=O)c1scc(Nc2nsnc2NCc2ccccc2)c1O. The summed E-state index contributed by atoms with van der Waals surface area (Å²) in [5, 5.41) is 18.9. The Morgan fingerprint density at radius 3 is 2.86 bits per heavy atom. The smallest absolute Gasteiger partial charge is 0.188 e. The molecular weight excluding hydrogens is 426 g/mol. The molecule has 3 heterocycles. The molecule has 10 heteroatoms. The monoisotopic (exact) mass is 449 g/mol. The molecule has 29 heavy (non-hydrogen) atoms. The fourth-order valence-corrected chi connectivity index (χ4v) is 6.56. The quantitative estimate of drug-likeness (QED) is 0.467. The molecule has 1 fully saturated rings. The second-order valence-corrected chi connectivity index (χ2v) is 9.85. The number of aromatic nitrogens is 2. The number of thiophene rings is 1. The average Bonchev–Trinajstić information content (AvgIpc) is 3.48. The summed E-state index contributed by atoms with van der Waals surface area (Å²) in [7, 11) is -1.35. The van der Waals surface area contributed by atoms with Crippen LogP contribution in [0.2, 0.25) is 0 Å². The van der Waals surface area contributed by atoms with Crippen LogP contribution in [0.4, 0.5) is 17.3 Å². The second-order valence-electron chi connectivity index (χ2n) is 6.81. The molecule has 1 aromatic carbocycles. The van der Waals surface area contributed by atoms with E-state index in [2.05, 4.69) is 26.3 Å². The van der Waals surface area contributed by atoms with Gasteiger partial charge in [-0.15, -0.1) is 11.3 Å². The zero-order valence-electron chi connectivity index (χ0n) is 16.0. The van der Waals surface area contributed by atoms with Crippen LogP contribution in [0.25, 0.3) is 0 Å². The van der Waals surface area contributed by atoms with Gasteiger partial charge in [-0.3, -0.25) is 0 Å². The van der Waals surface area contributed by atoms with E-state index in [1.165, 1.54) is 11.3 Å². The first-order valence-corrected chi connectivity index (χ1v) is 12.3. The predicted molar refractivity (Wildman–Crippen MR) is 119 cm³/mol. The Morgan fingerprint density at radius 1 is 1.28 bits per heavy atom. The summed E-state index contributed by atoms with van der Waals surface area (Å²) in [6, 6.07) is 10.3. The van der Waals surface area contributed by atoms with Gasteiger partial charge in [0.1, 0.15) is 11.0 Å². The van der Waals surface area contributed by atoms with Crippen LogP contribution in [0.5, 0.6) is 5.75 Å². The number of aromatic hydroxyl groups is 1. The molecular formula is C19H23N5O2S3. The highest BCUT2D eigenvalue weighted by molar-refractivity contribution is 7.85. The fraction of sp³-hybridized carbons (Fsp3) is 0.368. The van der Waals surface area contributed by atoms with E-state index in [0.29, 0.717) is 34.1 Å². The molecule has 154 valence electrons. The lowest BCUT2D eigenvalue weighted by Crippen LogP contribution is -2.30. The molecule has 2 atom stereocenters. The highest BCUT2D eigenvalue weighted by Gasteiger charge is 2.31. The highest BCUT2D eigenvalue weighted by atomic mass is 32.2. The van der Waals surface area contributed by atoms with Crippen molar-refractivity contribution in [3.05, 3.63) is 41.3 Å². The maximum Gasteiger partial charge on any atom is 0.188 e. The van der Waals surface area contributed by atoms with E-state index in [9.17, 15) is 9.32 Å². The van der Waals surface area contributed by atoms with Gasteiger partial charge in [-0.05, 0) is 24.8 Å². The topological polar surface area (TPSA) is 90.4 Å². The van der Waals surface area contributed by atoms with Gasteiger partial charge in [0, 0.05) is 24.5 Å². The molecule has 3 aromatic rings. The predicted octanol–water partition coefficient (Wildman–Crippen LogP) is 4.56. The van der Waals surface area contributed by atoms with E-state index in [1.54, 1.807) is 5.38 Å². The minimum absolute atomic E-state index is 0.0251. The molecule has 0 radical (unpaired) electrons. The summed E-state index contributed by atoms with van der Waals surface area (Å²) in [6.45, 7) is 3.54. The summed E-state index contributed by atoms with van der Waals surface area (Å²) in [5.41, 5.74) is 1.64. The number of rotatable bonds is 8. The zero-order valence-corrected chi connectivity index (χ0v) is 18.4. The summed E-state index contributed by atoms with van der Waals surface area (Å²) in [6.07, 6.45) is 3.06. The number of hydrogen-bond acceptors (Lipinski definition) is 8. The normalized spacial score (nSPS) is 18.0. The van der Waals surface area contributed by atoms with E-state index in [4.69, 9.17) is 0 Å². The number of benzene rings is 1. The van der Waals surface area contributed by atoms with Crippen LogP contribution in [0.3, 0.4) is 0 Å². The maximum absolute atomic E-state index is 13.0. The lowest BCUT2D eigenvalue weighted by atomic mass is 10.2. The van der Waals surface area contributed by atoms with Crippen LogP contribution < -0.4 is 10.6 Å². The van der Waals surface area contributed by atoms with Crippen LogP contribution in [-0.4, -0.2) is 35.0 Å². The maximum atomic E-state index is 13.0. The molecule has 4 rings (SSSR count). The van der Waals surface area contributed by atoms with Crippen LogP contribution >= 0.6 is 23.1 Å². The Balaban J connectivity index is 1.46. The van der Waals surface area contributed by atoms with Crippen molar-refractivity contribution in [1.29, 1.82) is 0 Å². The third-order valence-electron chi connectivity index (χ3n) is 4.94. The van der Waals surface area contributed by atoms with Crippen molar-refractivity contribution in [2.45, 2.75) is 43.0 Å². The number of anilines is 3. The van der Waals surface area contributed by atoms with E-state index >= 15 is 0 Å². The Morgan fingerprint density at radius 2 is 2.07 bits per heavy atom. The van der Waals surface area contributed by atoms with Crippen molar-refractivity contribution >= 4 is 51.4 Å². The number of nitrogens with zero attached hydrogens (tertiary/aromatic N) is 3. The Bertz CT molecular complexity index is 975. The molecule has 1 aliphatic rings. The first kappa shape index (κ1) is 20.3. The van der Waals surface area contributed by atoms with Crippen molar-refractivity contribution in [3.8, 4) is 5.75 Å². The Labute approximate surface area is 180 Å². The molecule has 0 aliphatic carbocycles. The molecule has 2 unspecified atom stereocenters. The van der Waals surface area contributed by atoms with E-state index < -0.39 is 11.0 Å². The number of nitrogens with one attached hydrogen (secondary N) is 2. The minimum Gasteiger partial charge on any atom is -0.504 e. The first-order chi connectivity index (χ1) is 14.2. The molecule has 0 spiro atoms. The third-order valence-corrected chi connectivity index (χ3v) is 8.37. The molecule has 1 aliphatic heterocycles. The van der Waals surface area contributed by atoms with Gasteiger partial charge < -0.3 is 15.7 Å². The van der Waals surface area contributed by atoms with Crippen LogP contribution in [0, 0.1) is 0 Å². The fourth-order valence-electron chi connectivity index (χ4n) is 3.38. The van der Waals surface area contributed by atoms with Crippen molar-refractivity contribution in [3.63, 3.8) is 0 Å². The lowest BCUT2D eigenvalue weighted by molar-refractivity contribution is 0.403. The standard InChI is InChI=1S/C19H23N5O2S3/c1-2-14-9-6-10-24(14)29(26)19-16(25)15(12-27-19)21-18-17(22-28-23-18)20-11-13-7-4-3-5-8-13/h3-5,7-8,12,14,25H,2,6,9-11H2,1H3,(H,20,22)(H,21,23). The van der Waals surface area contributed by atoms with Crippen LogP contribution in [0.1, 0.15) is 31.7 Å². The zero-order chi connectivity index (χ0) is 20.2. The third kappa shape index (κ3) is 4.45. The highest BCUT2D eigenvalue weighted by Crippen LogP contribution is 2.41. The second kappa shape index (κ2) is 9.21. The van der Waals surface area contributed by atoms with Gasteiger partial charge in [0.05, 0.1) is 17.4 Å². The van der Waals surface area contributed by atoms with Crippen LogP contribution in [-0.2, 0) is 17.5 Å². The van der Waals surface area contributed by atoms with E-state index in [-0.39, 0.29) is 5.75 Å². The summed E-state index contributed by atoms with van der Waals surface area (Å²) < 4.78 is 24.1. The summed E-state index contributed by atoms with van der Waals surface area (Å²) in [5.74, 6) is 1.19. The van der Waals surface area contributed by atoms with Gasteiger partial charge in [-0.2, -0.15) is 8.75 Å². The number of hydrogen-bond donors (Lipinski definition) is 3. The van der Waals surface area contributed by atoms with Crippen molar-refractivity contribution in [2.75, 3.05) is 17.2 Å². The summed E-state index contributed by atoms with van der Waals surface area (Å²) in [4.78, 5) is 0. The summed E-state index contributed by atoms with van der Waals surface area (Å²) >= 11 is 2.39. The Kier molecular flexibility index (Phi) is 6.43. The van der Waals surface area contributed by atoms with Crippen molar-refractivity contribution < 1.29 is 9.32 Å². The van der Waals surface area contributed by atoms with E-state index in [0.717, 1.165) is 43.1 Å². The molecule has 0 saturated carbocycles. The van der Waals surface area contributed by atoms with Gasteiger partial charge in [0.2, 0.25) is 0 Å². The molecule has 2 aromatic heterocycles. The molecule has 7 nitrogen and oxygen atoms in total. The van der Waals surface area contributed by atoms with Gasteiger partial charge in [0.25, 0.3) is 0 Å².